The molecule has 49 heavy (non-hydrogen) atoms. The van der Waals surface area contributed by atoms with Crippen LogP contribution >= 0.6 is 0 Å². The van der Waals surface area contributed by atoms with Gasteiger partial charge in [0, 0.05) is 12.0 Å². The Labute approximate surface area is 294 Å². The minimum atomic E-state index is -3.59. The Morgan fingerprint density at radius 3 is 2.37 bits per heavy atom. The fourth-order valence-electron chi connectivity index (χ4n) is 14.3. The molecule has 280 valence electrons. The van der Waals surface area contributed by atoms with Gasteiger partial charge in [-0.25, -0.2) is 13.1 Å². The third kappa shape index (κ3) is 5.01. The number of ether oxygens (including phenoxy) is 4. The van der Waals surface area contributed by atoms with Crippen LogP contribution in [0.1, 0.15) is 99.8 Å². The lowest BCUT2D eigenvalue weighted by atomic mass is 9.41. The lowest BCUT2D eigenvalue weighted by molar-refractivity contribution is -0.256. The average molecular weight is 709 g/mol. The van der Waals surface area contributed by atoms with Gasteiger partial charge in [0.1, 0.15) is 0 Å². The van der Waals surface area contributed by atoms with E-state index in [-0.39, 0.29) is 52.0 Å². The molecule has 3 saturated heterocycles. The molecule has 8 aliphatic rings. The fourth-order valence-corrected chi connectivity index (χ4v) is 15.2. The van der Waals surface area contributed by atoms with Gasteiger partial charge < -0.3 is 29.2 Å². The number of morpholine rings is 1. The predicted octanol–water partition coefficient (Wildman–Crippen LogP) is 3.93. The van der Waals surface area contributed by atoms with Crippen LogP contribution in [-0.2, 0) is 29.0 Å². The molecule has 5 saturated carbocycles. The highest BCUT2D eigenvalue weighted by Gasteiger charge is 2.84. The number of aliphatic hydroxyl groups is 2. The first kappa shape index (κ1) is 35.6. The molecule has 2 spiro atoms. The van der Waals surface area contributed by atoms with Crippen LogP contribution in [0.3, 0.4) is 0 Å². The van der Waals surface area contributed by atoms with Crippen LogP contribution in [0, 0.1) is 50.7 Å². The summed E-state index contributed by atoms with van der Waals surface area (Å²) in [6.07, 6.45) is 8.25. The first-order chi connectivity index (χ1) is 22.8. The summed E-state index contributed by atoms with van der Waals surface area (Å²) in [5, 5.41) is 23.7. The Kier molecular flexibility index (Phi) is 8.24. The van der Waals surface area contributed by atoms with Crippen molar-refractivity contribution in [2.45, 2.75) is 148 Å². The van der Waals surface area contributed by atoms with E-state index in [1.807, 2.05) is 0 Å². The lowest BCUT2D eigenvalue weighted by Crippen LogP contribution is -2.61. The van der Waals surface area contributed by atoms with E-state index in [0.717, 1.165) is 58.2 Å². The van der Waals surface area contributed by atoms with Crippen molar-refractivity contribution >= 4 is 10.0 Å². The SMILES string of the molecule is C[C@@H]1C[C@H]([C@H](NS(C)(=O)=O)C(C)(C)O)O[C@H]2[C@H]1[C@@]1(C)CC[C@@]34C[C@@]35CCC(O[C@H]3CN(C6COC6)CCO3)C(C)(C)[C@@H]5CC[C@H]4[C@]1(C)[C@H]2O. The van der Waals surface area contributed by atoms with E-state index >= 15 is 0 Å². The Morgan fingerprint density at radius 2 is 1.71 bits per heavy atom. The third-order valence-electron chi connectivity index (χ3n) is 16.8. The first-order valence-electron chi connectivity index (χ1n) is 19.4. The quantitative estimate of drug-likeness (QED) is 0.361. The van der Waals surface area contributed by atoms with Crippen LogP contribution in [0.15, 0.2) is 0 Å². The molecule has 10 nitrogen and oxygen atoms in total. The normalized spacial score (nSPS) is 51.8. The van der Waals surface area contributed by atoms with Crippen LogP contribution in [0.4, 0.5) is 0 Å². The van der Waals surface area contributed by atoms with Crippen molar-refractivity contribution in [3.8, 4) is 0 Å². The minimum absolute atomic E-state index is 0.0332. The van der Waals surface area contributed by atoms with Crippen molar-refractivity contribution in [2.75, 3.05) is 39.2 Å². The summed E-state index contributed by atoms with van der Waals surface area (Å²) in [6, 6.07) is -0.303. The standard InChI is InChI=1S/C38H64N2O8S/c1-22-17-24(31(34(4,5)42)39-49(8,43)44)47-30-29(22)35(6)13-14-38-21-37(38)12-11-27(48-28-18-40(15-16-46-28)23-19-45-20-23)33(2,3)25(37)9-10-26(38)36(35,7)32(30)41/h22-32,39,41-42H,9-21H2,1-8H3/t22-,24-,25+,26+,27?,28+,29+,30+,31+,32+,35-,36-,37-,38+/m1/s1. The minimum Gasteiger partial charge on any atom is -0.390 e. The Morgan fingerprint density at radius 1 is 1.02 bits per heavy atom. The highest BCUT2D eigenvalue weighted by Crippen LogP contribution is 2.89. The zero-order chi connectivity index (χ0) is 35.2. The summed E-state index contributed by atoms with van der Waals surface area (Å²) in [6.45, 7) is 19.4. The number of hydrogen-bond donors (Lipinski definition) is 3. The van der Waals surface area contributed by atoms with Crippen LogP contribution in [0.2, 0.25) is 0 Å². The summed E-state index contributed by atoms with van der Waals surface area (Å²) in [7, 11) is -3.59. The predicted molar refractivity (Wildman–Crippen MR) is 185 cm³/mol. The van der Waals surface area contributed by atoms with Crippen molar-refractivity contribution in [3.05, 3.63) is 0 Å². The van der Waals surface area contributed by atoms with E-state index in [1.54, 1.807) is 13.8 Å². The van der Waals surface area contributed by atoms with Crippen molar-refractivity contribution in [1.82, 2.24) is 9.62 Å². The molecule has 0 aromatic carbocycles. The molecule has 1 unspecified atom stereocenters. The van der Waals surface area contributed by atoms with E-state index in [1.165, 1.54) is 19.3 Å². The second-order valence-electron chi connectivity index (χ2n) is 19.7. The number of sulfonamides is 1. The monoisotopic (exact) mass is 708 g/mol. The highest BCUT2D eigenvalue weighted by atomic mass is 32.2. The second kappa shape index (κ2) is 11.3. The molecule has 3 aliphatic heterocycles. The van der Waals surface area contributed by atoms with E-state index in [4.69, 9.17) is 18.9 Å². The van der Waals surface area contributed by atoms with Gasteiger partial charge in [-0.2, -0.15) is 0 Å². The third-order valence-corrected chi connectivity index (χ3v) is 17.4. The number of fused-ring (bicyclic) bond motifs is 4. The van der Waals surface area contributed by atoms with Crippen molar-refractivity contribution < 1.29 is 37.6 Å². The summed E-state index contributed by atoms with van der Waals surface area (Å²) in [5.41, 5.74) is -1.16. The van der Waals surface area contributed by atoms with Crippen molar-refractivity contribution in [3.63, 3.8) is 0 Å². The average Bonchev–Trinajstić information content (AvgIpc) is 3.60. The molecule has 0 aromatic heterocycles. The number of rotatable bonds is 7. The van der Waals surface area contributed by atoms with E-state index in [2.05, 4.69) is 44.2 Å². The molecular weight excluding hydrogens is 644 g/mol. The number of nitrogens with zero attached hydrogens (tertiary/aromatic N) is 1. The second-order valence-corrected chi connectivity index (χ2v) is 21.5. The Hall–Kier alpha value is -0.370. The molecule has 11 heteroatoms. The van der Waals surface area contributed by atoms with Gasteiger partial charge in [-0.3, -0.25) is 4.90 Å². The van der Waals surface area contributed by atoms with Gasteiger partial charge in [-0.1, -0.05) is 34.6 Å². The molecule has 0 aromatic rings. The Balaban J connectivity index is 1.03. The summed E-state index contributed by atoms with van der Waals surface area (Å²) >= 11 is 0. The summed E-state index contributed by atoms with van der Waals surface area (Å²) in [4.78, 5) is 2.49. The van der Waals surface area contributed by atoms with Gasteiger partial charge in [-0.05, 0) is 111 Å². The van der Waals surface area contributed by atoms with Gasteiger partial charge in [-0.15, -0.1) is 0 Å². The molecule has 0 amide bonds. The van der Waals surface area contributed by atoms with Gasteiger partial charge in [0.2, 0.25) is 10.0 Å². The number of hydrogen-bond acceptors (Lipinski definition) is 9. The highest BCUT2D eigenvalue weighted by molar-refractivity contribution is 7.88. The lowest BCUT2D eigenvalue weighted by Gasteiger charge is -2.64. The maximum absolute atomic E-state index is 12.6. The molecular formula is C38H64N2O8S. The summed E-state index contributed by atoms with van der Waals surface area (Å²) < 4.78 is 52.9. The zero-order valence-electron chi connectivity index (χ0n) is 31.2. The molecule has 0 radical (unpaired) electrons. The van der Waals surface area contributed by atoms with Crippen LogP contribution in [0.5, 0.6) is 0 Å². The smallest absolute Gasteiger partial charge is 0.209 e. The first-order valence-corrected chi connectivity index (χ1v) is 21.3. The molecule has 5 aliphatic carbocycles. The Bertz CT molecular complexity index is 1420. The van der Waals surface area contributed by atoms with E-state index in [0.29, 0.717) is 36.3 Å². The van der Waals surface area contributed by atoms with Crippen LogP contribution in [-0.4, -0.2) is 111 Å². The number of nitrogens with one attached hydrogen (secondary N) is 1. The van der Waals surface area contributed by atoms with Gasteiger partial charge in [0.25, 0.3) is 0 Å². The maximum Gasteiger partial charge on any atom is 0.209 e. The van der Waals surface area contributed by atoms with Crippen molar-refractivity contribution in [2.24, 2.45) is 50.7 Å². The van der Waals surface area contributed by atoms with Crippen molar-refractivity contribution in [1.29, 1.82) is 0 Å². The fraction of sp³-hybridized carbons (Fsp3) is 1.00. The van der Waals surface area contributed by atoms with Gasteiger partial charge >= 0.3 is 0 Å². The largest absolute Gasteiger partial charge is 0.390 e. The molecule has 3 heterocycles. The van der Waals surface area contributed by atoms with Crippen LogP contribution in [0.25, 0.3) is 0 Å². The molecule has 0 bridgehead atoms. The van der Waals surface area contributed by atoms with Gasteiger partial charge in [0.05, 0.1) is 74.7 Å². The van der Waals surface area contributed by atoms with E-state index in [9.17, 15) is 18.6 Å². The molecule has 8 fully saturated rings. The molecule has 8 rings (SSSR count). The number of aliphatic hydroxyl groups excluding tert-OH is 1. The van der Waals surface area contributed by atoms with Crippen LogP contribution < -0.4 is 4.72 Å². The van der Waals surface area contributed by atoms with Gasteiger partial charge in [0.15, 0.2) is 6.29 Å². The molecule has 3 N–H and O–H groups in total. The molecule has 14 atom stereocenters. The summed E-state index contributed by atoms with van der Waals surface area (Å²) in [5.74, 6) is 1.39. The topological polar surface area (TPSA) is 127 Å². The maximum atomic E-state index is 12.6. The zero-order valence-corrected chi connectivity index (χ0v) is 32.1. The van der Waals surface area contributed by atoms with E-state index < -0.39 is 33.9 Å².